The number of carbonyl (C=O) groups excluding carboxylic acids is 1. The number of rotatable bonds is 7. The summed E-state index contributed by atoms with van der Waals surface area (Å²) in [7, 11) is 0. The number of aliphatic carboxylic acids is 1. The van der Waals surface area contributed by atoms with Crippen LogP contribution in [0, 0.1) is 11.8 Å². The van der Waals surface area contributed by atoms with Crippen molar-refractivity contribution in [1.82, 2.24) is 10.6 Å². The lowest BCUT2D eigenvalue weighted by Gasteiger charge is -2.27. The van der Waals surface area contributed by atoms with Crippen molar-refractivity contribution >= 4 is 12.0 Å². The second-order valence-electron chi connectivity index (χ2n) is 7.50. The van der Waals surface area contributed by atoms with Crippen LogP contribution in [0.4, 0.5) is 4.79 Å². The smallest absolute Gasteiger partial charge is 0.315 e. The van der Waals surface area contributed by atoms with E-state index in [-0.39, 0.29) is 24.0 Å². The van der Waals surface area contributed by atoms with Gasteiger partial charge in [-0.3, -0.25) is 4.79 Å². The van der Waals surface area contributed by atoms with Crippen molar-refractivity contribution < 1.29 is 19.4 Å². The molecule has 2 amide bonds. The minimum atomic E-state index is -0.734. The molecule has 26 heavy (non-hydrogen) atoms. The zero-order valence-corrected chi connectivity index (χ0v) is 15.8. The van der Waals surface area contributed by atoms with Gasteiger partial charge in [0.25, 0.3) is 0 Å². The number of hydrogen-bond acceptors (Lipinski definition) is 3. The quantitative estimate of drug-likeness (QED) is 0.690. The Morgan fingerprint density at radius 1 is 1.12 bits per heavy atom. The summed E-state index contributed by atoms with van der Waals surface area (Å²) >= 11 is 0. The highest BCUT2D eigenvalue weighted by molar-refractivity contribution is 5.75. The summed E-state index contributed by atoms with van der Waals surface area (Å²) in [5, 5.41) is 14.9. The van der Waals surface area contributed by atoms with E-state index in [4.69, 9.17) is 9.84 Å². The molecule has 1 atom stereocenters. The van der Waals surface area contributed by atoms with Crippen LogP contribution in [-0.4, -0.2) is 29.8 Å². The van der Waals surface area contributed by atoms with Crippen molar-refractivity contribution in [2.45, 2.75) is 58.5 Å². The molecule has 6 nitrogen and oxygen atoms in total. The average molecular weight is 362 g/mol. The van der Waals surface area contributed by atoms with Crippen LogP contribution in [0.3, 0.4) is 0 Å². The zero-order valence-electron chi connectivity index (χ0n) is 15.8. The molecule has 1 aromatic carbocycles. The topological polar surface area (TPSA) is 87.7 Å². The van der Waals surface area contributed by atoms with Gasteiger partial charge in [0.2, 0.25) is 0 Å². The number of ether oxygens (including phenoxy) is 1. The predicted octanol–water partition coefficient (Wildman–Crippen LogP) is 3.73. The molecule has 1 unspecified atom stereocenters. The number of carboxylic acid groups (broad SMARTS) is 1. The fourth-order valence-electron chi connectivity index (χ4n) is 3.11. The molecule has 0 aromatic heterocycles. The van der Waals surface area contributed by atoms with E-state index < -0.39 is 5.97 Å². The van der Waals surface area contributed by atoms with Crippen molar-refractivity contribution in [2.75, 3.05) is 6.61 Å². The molecule has 1 aromatic rings. The molecule has 0 bridgehead atoms. The number of hydrogen-bond donors (Lipinski definition) is 3. The summed E-state index contributed by atoms with van der Waals surface area (Å²) in [6.45, 7) is 6.82. The Labute approximate surface area is 155 Å². The van der Waals surface area contributed by atoms with Gasteiger partial charge in [0.05, 0.1) is 18.6 Å². The summed E-state index contributed by atoms with van der Waals surface area (Å²) in [5.74, 6) is 0.299. The molecule has 1 aliphatic carbocycles. The first-order valence-corrected chi connectivity index (χ1v) is 9.37. The maximum Gasteiger partial charge on any atom is 0.315 e. The largest absolute Gasteiger partial charge is 0.493 e. The van der Waals surface area contributed by atoms with E-state index in [0.29, 0.717) is 38.2 Å². The van der Waals surface area contributed by atoms with E-state index in [1.54, 1.807) is 0 Å². The van der Waals surface area contributed by atoms with E-state index in [9.17, 15) is 9.59 Å². The van der Waals surface area contributed by atoms with Gasteiger partial charge in [-0.2, -0.15) is 0 Å². The number of carboxylic acids is 1. The lowest BCUT2D eigenvalue weighted by Crippen LogP contribution is -2.44. The molecule has 1 fully saturated rings. The zero-order chi connectivity index (χ0) is 19.1. The maximum atomic E-state index is 12.2. The number of nitrogens with one attached hydrogen (secondary N) is 2. The highest BCUT2D eigenvalue weighted by atomic mass is 16.5. The lowest BCUT2D eigenvalue weighted by atomic mass is 9.86. The van der Waals surface area contributed by atoms with Gasteiger partial charge in [0.15, 0.2) is 0 Å². The van der Waals surface area contributed by atoms with Gasteiger partial charge in [-0.1, -0.05) is 26.0 Å². The van der Waals surface area contributed by atoms with Crippen LogP contribution in [0.1, 0.15) is 58.1 Å². The predicted molar refractivity (Wildman–Crippen MR) is 100 cm³/mol. The van der Waals surface area contributed by atoms with Crippen molar-refractivity contribution in [3.8, 4) is 5.75 Å². The Balaban J connectivity index is 1.77. The number of urea groups is 1. The van der Waals surface area contributed by atoms with Crippen LogP contribution in [-0.2, 0) is 4.79 Å². The average Bonchev–Trinajstić information content (AvgIpc) is 2.60. The fourth-order valence-corrected chi connectivity index (χ4v) is 3.11. The van der Waals surface area contributed by atoms with Crippen molar-refractivity contribution in [3.05, 3.63) is 29.8 Å². The number of amides is 2. The third-order valence-corrected chi connectivity index (χ3v) is 4.72. The summed E-state index contributed by atoms with van der Waals surface area (Å²) in [5.41, 5.74) is 1.01. The first-order valence-electron chi connectivity index (χ1n) is 9.37. The van der Waals surface area contributed by atoms with E-state index in [0.717, 1.165) is 11.3 Å². The SMILES string of the molecule is CC(C)COc1ccc(C(C)NC(=O)NC2CCC(C(=O)O)CC2)cc1. The molecule has 1 saturated carbocycles. The van der Waals surface area contributed by atoms with Gasteiger partial charge >= 0.3 is 12.0 Å². The van der Waals surface area contributed by atoms with Gasteiger partial charge in [-0.15, -0.1) is 0 Å². The first-order chi connectivity index (χ1) is 12.3. The highest BCUT2D eigenvalue weighted by Crippen LogP contribution is 2.24. The van der Waals surface area contributed by atoms with Gasteiger partial charge < -0.3 is 20.5 Å². The van der Waals surface area contributed by atoms with Gasteiger partial charge in [-0.05, 0) is 56.2 Å². The van der Waals surface area contributed by atoms with Crippen molar-refractivity contribution in [3.63, 3.8) is 0 Å². The van der Waals surface area contributed by atoms with Crippen LogP contribution in [0.2, 0.25) is 0 Å². The monoisotopic (exact) mass is 362 g/mol. The summed E-state index contributed by atoms with van der Waals surface area (Å²) < 4.78 is 5.67. The van der Waals surface area contributed by atoms with Gasteiger partial charge in [0, 0.05) is 6.04 Å². The summed E-state index contributed by atoms with van der Waals surface area (Å²) in [4.78, 5) is 23.2. The normalized spacial score (nSPS) is 21.1. The molecule has 1 aliphatic rings. The molecular formula is C20H30N2O4. The van der Waals surface area contributed by atoms with Gasteiger partial charge in [0.1, 0.15) is 5.75 Å². The Morgan fingerprint density at radius 2 is 1.73 bits per heavy atom. The standard InChI is InChI=1S/C20H30N2O4/c1-13(2)12-26-18-10-6-15(7-11-18)14(3)21-20(25)22-17-8-4-16(5-9-17)19(23)24/h6-7,10-11,13-14,16-17H,4-5,8-9,12H2,1-3H3,(H,23,24)(H2,21,22,25). The minimum absolute atomic E-state index is 0.0459. The fraction of sp³-hybridized carbons (Fsp3) is 0.600. The Hall–Kier alpha value is -2.24. The molecule has 144 valence electrons. The Kier molecular flexibility index (Phi) is 7.30. The van der Waals surface area contributed by atoms with Gasteiger partial charge in [-0.25, -0.2) is 4.79 Å². The molecule has 0 radical (unpaired) electrons. The van der Waals surface area contributed by atoms with Crippen LogP contribution in [0.25, 0.3) is 0 Å². The number of carbonyl (C=O) groups is 2. The highest BCUT2D eigenvalue weighted by Gasteiger charge is 2.26. The lowest BCUT2D eigenvalue weighted by molar-refractivity contribution is -0.142. The van der Waals surface area contributed by atoms with E-state index in [2.05, 4.69) is 24.5 Å². The van der Waals surface area contributed by atoms with Crippen LogP contribution in [0.5, 0.6) is 5.75 Å². The van der Waals surface area contributed by atoms with Crippen molar-refractivity contribution in [1.29, 1.82) is 0 Å². The van der Waals surface area contributed by atoms with Crippen LogP contribution in [0.15, 0.2) is 24.3 Å². The molecule has 6 heteroatoms. The second-order valence-corrected chi connectivity index (χ2v) is 7.50. The van der Waals surface area contributed by atoms with Crippen LogP contribution >= 0.6 is 0 Å². The van der Waals surface area contributed by atoms with Crippen LogP contribution < -0.4 is 15.4 Å². The maximum absolute atomic E-state index is 12.2. The third kappa shape index (κ3) is 6.24. The molecule has 0 saturated heterocycles. The third-order valence-electron chi connectivity index (χ3n) is 4.72. The number of benzene rings is 1. The molecule has 0 heterocycles. The van der Waals surface area contributed by atoms with E-state index in [1.165, 1.54) is 0 Å². The molecular weight excluding hydrogens is 332 g/mol. The molecule has 2 rings (SSSR count). The molecule has 0 aliphatic heterocycles. The Morgan fingerprint density at radius 3 is 2.27 bits per heavy atom. The van der Waals surface area contributed by atoms with E-state index >= 15 is 0 Å². The first kappa shape index (κ1) is 20.1. The molecule has 0 spiro atoms. The second kappa shape index (κ2) is 9.46. The summed E-state index contributed by atoms with van der Waals surface area (Å²) in [6, 6.07) is 7.46. The molecule has 3 N–H and O–H groups in total. The summed E-state index contributed by atoms with van der Waals surface area (Å²) in [6.07, 6.45) is 2.66. The van der Waals surface area contributed by atoms with E-state index in [1.807, 2.05) is 31.2 Å². The Bertz CT molecular complexity index is 592. The van der Waals surface area contributed by atoms with Crippen molar-refractivity contribution in [2.24, 2.45) is 11.8 Å². The minimum Gasteiger partial charge on any atom is -0.493 e.